The Morgan fingerprint density at radius 1 is 1.50 bits per heavy atom. The van der Waals surface area contributed by atoms with Crippen LogP contribution in [0.5, 0.6) is 5.75 Å². The average molecular weight is 246 g/mol. The Bertz CT molecular complexity index is 551. The van der Waals surface area contributed by atoms with Crippen LogP contribution in [0, 0.1) is 6.92 Å². The summed E-state index contributed by atoms with van der Waals surface area (Å²) in [6.07, 6.45) is 1.39. The van der Waals surface area contributed by atoms with Crippen molar-refractivity contribution in [3.63, 3.8) is 0 Å². The number of hydrogen-bond donors (Lipinski definition) is 2. The first kappa shape index (κ1) is 12.1. The van der Waals surface area contributed by atoms with Crippen molar-refractivity contribution in [2.24, 2.45) is 0 Å². The number of hydrogen-bond acceptors (Lipinski definition) is 4. The summed E-state index contributed by atoms with van der Waals surface area (Å²) in [5.74, 6) is 0.325. The lowest BCUT2D eigenvalue weighted by Gasteiger charge is -2.16. The molecule has 1 heterocycles. The van der Waals surface area contributed by atoms with Gasteiger partial charge in [-0.1, -0.05) is 6.07 Å². The number of nitrogens with zero attached hydrogens (tertiary/aromatic N) is 3. The molecule has 1 aromatic heterocycles. The number of benzene rings is 1. The maximum atomic E-state index is 12.1. The van der Waals surface area contributed by atoms with Gasteiger partial charge < -0.3 is 10.0 Å². The standard InChI is InChI=1S/C12H14N4O2/c1-8-3-4-9(10(17)5-8)12(18)16(2)6-11-13-7-14-15-11/h3-5,7,17H,6H2,1-2H3,(H,13,14,15). The molecule has 0 aliphatic carbocycles. The zero-order chi connectivity index (χ0) is 13.1. The number of rotatable bonds is 3. The summed E-state index contributed by atoms with van der Waals surface area (Å²) in [6, 6.07) is 4.97. The molecular weight excluding hydrogens is 232 g/mol. The fourth-order valence-corrected chi connectivity index (χ4v) is 1.63. The van der Waals surface area contributed by atoms with Gasteiger partial charge in [-0.05, 0) is 24.6 Å². The highest BCUT2D eigenvalue weighted by molar-refractivity contribution is 5.96. The van der Waals surface area contributed by atoms with Crippen LogP contribution in [-0.4, -0.2) is 38.1 Å². The van der Waals surface area contributed by atoms with Gasteiger partial charge in [0.15, 0.2) is 0 Å². The molecule has 2 rings (SSSR count). The molecule has 1 aromatic carbocycles. The van der Waals surface area contributed by atoms with Crippen LogP contribution in [0.4, 0.5) is 0 Å². The molecule has 0 bridgehead atoms. The summed E-state index contributed by atoms with van der Waals surface area (Å²) in [7, 11) is 1.64. The highest BCUT2D eigenvalue weighted by Gasteiger charge is 2.16. The first-order valence-corrected chi connectivity index (χ1v) is 5.47. The van der Waals surface area contributed by atoms with Gasteiger partial charge in [0, 0.05) is 7.05 Å². The van der Waals surface area contributed by atoms with Crippen molar-refractivity contribution >= 4 is 5.91 Å². The van der Waals surface area contributed by atoms with Gasteiger partial charge in [0.2, 0.25) is 0 Å². The number of carbonyl (C=O) groups is 1. The molecule has 94 valence electrons. The lowest BCUT2D eigenvalue weighted by atomic mass is 10.1. The molecule has 2 aromatic rings. The normalized spacial score (nSPS) is 10.3. The SMILES string of the molecule is Cc1ccc(C(=O)N(C)Cc2ncn[nH]2)c(O)c1. The summed E-state index contributed by atoms with van der Waals surface area (Å²) >= 11 is 0. The molecule has 18 heavy (non-hydrogen) atoms. The summed E-state index contributed by atoms with van der Waals surface area (Å²) < 4.78 is 0. The smallest absolute Gasteiger partial charge is 0.257 e. The van der Waals surface area contributed by atoms with Crippen LogP contribution < -0.4 is 0 Å². The molecule has 1 amide bonds. The zero-order valence-corrected chi connectivity index (χ0v) is 10.2. The number of phenols is 1. The lowest BCUT2D eigenvalue weighted by Crippen LogP contribution is -2.26. The zero-order valence-electron chi connectivity index (χ0n) is 10.2. The topological polar surface area (TPSA) is 82.1 Å². The second-order valence-corrected chi connectivity index (χ2v) is 4.11. The van der Waals surface area contributed by atoms with Crippen LogP contribution >= 0.6 is 0 Å². The van der Waals surface area contributed by atoms with Gasteiger partial charge >= 0.3 is 0 Å². The van der Waals surface area contributed by atoms with Crippen molar-refractivity contribution in [1.29, 1.82) is 0 Å². The Kier molecular flexibility index (Phi) is 3.27. The predicted molar refractivity (Wildman–Crippen MR) is 65.0 cm³/mol. The first-order valence-electron chi connectivity index (χ1n) is 5.47. The monoisotopic (exact) mass is 246 g/mol. The number of carbonyl (C=O) groups excluding carboxylic acids is 1. The van der Waals surface area contributed by atoms with Crippen LogP contribution in [0.2, 0.25) is 0 Å². The maximum absolute atomic E-state index is 12.1. The van der Waals surface area contributed by atoms with E-state index in [1.54, 1.807) is 25.2 Å². The Morgan fingerprint density at radius 2 is 2.28 bits per heavy atom. The van der Waals surface area contributed by atoms with Crippen molar-refractivity contribution in [3.05, 3.63) is 41.5 Å². The molecule has 0 aliphatic rings. The predicted octanol–water partition coefficient (Wildman–Crippen LogP) is 1.09. The first-order chi connectivity index (χ1) is 8.58. The molecular formula is C12H14N4O2. The third kappa shape index (κ3) is 2.48. The second kappa shape index (κ2) is 4.87. The van der Waals surface area contributed by atoms with Gasteiger partial charge in [-0.25, -0.2) is 4.98 Å². The van der Waals surface area contributed by atoms with Gasteiger partial charge in [-0.15, -0.1) is 0 Å². The van der Waals surface area contributed by atoms with E-state index in [0.717, 1.165) is 5.56 Å². The number of H-pyrrole nitrogens is 1. The van der Waals surface area contributed by atoms with E-state index < -0.39 is 0 Å². The molecule has 6 nitrogen and oxygen atoms in total. The van der Waals surface area contributed by atoms with E-state index in [2.05, 4.69) is 15.2 Å². The number of aromatic amines is 1. The van der Waals surface area contributed by atoms with Crippen LogP contribution in [0.25, 0.3) is 0 Å². The molecule has 0 unspecified atom stereocenters. The number of nitrogens with one attached hydrogen (secondary N) is 1. The Hall–Kier alpha value is -2.37. The maximum Gasteiger partial charge on any atom is 0.257 e. The minimum Gasteiger partial charge on any atom is -0.507 e. The van der Waals surface area contributed by atoms with Gasteiger partial charge in [0.25, 0.3) is 5.91 Å². The third-order valence-electron chi connectivity index (χ3n) is 2.58. The molecule has 6 heteroatoms. The largest absolute Gasteiger partial charge is 0.507 e. The van der Waals surface area contributed by atoms with Crippen LogP contribution in [0.15, 0.2) is 24.5 Å². The van der Waals surface area contributed by atoms with E-state index in [-0.39, 0.29) is 17.2 Å². The summed E-state index contributed by atoms with van der Waals surface area (Å²) in [5, 5.41) is 16.1. The van der Waals surface area contributed by atoms with E-state index in [9.17, 15) is 9.90 Å². The van der Waals surface area contributed by atoms with E-state index >= 15 is 0 Å². The Morgan fingerprint density at radius 3 is 2.89 bits per heavy atom. The van der Waals surface area contributed by atoms with Gasteiger partial charge in [0.05, 0.1) is 12.1 Å². The average Bonchev–Trinajstić information content (AvgIpc) is 2.81. The van der Waals surface area contributed by atoms with Crippen molar-refractivity contribution in [3.8, 4) is 5.75 Å². The number of amides is 1. The number of aromatic hydroxyl groups is 1. The third-order valence-corrected chi connectivity index (χ3v) is 2.58. The number of phenolic OH excluding ortho intramolecular Hbond substituents is 1. The molecule has 0 fully saturated rings. The number of aromatic nitrogens is 3. The minimum atomic E-state index is -0.260. The molecule has 0 saturated heterocycles. The minimum absolute atomic E-state index is 0.00980. The summed E-state index contributed by atoms with van der Waals surface area (Å²) in [4.78, 5) is 17.5. The van der Waals surface area contributed by atoms with Gasteiger partial charge in [-0.2, -0.15) is 5.10 Å². The van der Waals surface area contributed by atoms with E-state index in [1.165, 1.54) is 11.2 Å². The van der Waals surface area contributed by atoms with Crippen LogP contribution in [-0.2, 0) is 6.54 Å². The van der Waals surface area contributed by atoms with Gasteiger partial charge in [0.1, 0.15) is 17.9 Å². The summed E-state index contributed by atoms with van der Waals surface area (Å²) in [5.41, 5.74) is 1.18. The van der Waals surface area contributed by atoms with Crippen molar-refractivity contribution in [1.82, 2.24) is 20.1 Å². The van der Waals surface area contributed by atoms with E-state index in [1.807, 2.05) is 6.92 Å². The Labute approximate surface area is 104 Å². The Balaban J connectivity index is 2.15. The molecule has 2 N–H and O–H groups in total. The van der Waals surface area contributed by atoms with Crippen molar-refractivity contribution in [2.45, 2.75) is 13.5 Å². The van der Waals surface area contributed by atoms with E-state index in [0.29, 0.717) is 12.4 Å². The van der Waals surface area contributed by atoms with Crippen LogP contribution in [0.3, 0.4) is 0 Å². The van der Waals surface area contributed by atoms with Crippen molar-refractivity contribution < 1.29 is 9.90 Å². The molecule has 0 atom stereocenters. The van der Waals surface area contributed by atoms with E-state index in [4.69, 9.17) is 0 Å². The molecule has 0 saturated carbocycles. The van der Waals surface area contributed by atoms with Gasteiger partial charge in [-0.3, -0.25) is 9.89 Å². The summed E-state index contributed by atoms with van der Waals surface area (Å²) in [6.45, 7) is 2.17. The fraction of sp³-hybridized carbons (Fsp3) is 0.250. The van der Waals surface area contributed by atoms with Crippen LogP contribution in [0.1, 0.15) is 21.7 Å². The molecule has 0 spiro atoms. The quantitative estimate of drug-likeness (QED) is 0.849. The highest BCUT2D eigenvalue weighted by Crippen LogP contribution is 2.20. The number of aryl methyl sites for hydroxylation is 1. The highest BCUT2D eigenvalue weighted by atomic mass is 16.3. The molecule has 0 radical (unpaired) electrons. The second-order valence-electron chi connectivity index (χ2n) is 4.11. The molecule has 0 aliphatic heterocycles. The lowest BCUT2D eigenvalue weighted by molar-refractivity contribution is 0.0778. The van der Waals surface area contributed by atoms with Crippen molar-refractivity contribution in [2.75, 3.05) is 7.05 Å². The fourth-order valence-electron chi connectivity index (χ4n) is 1.63.